The molecule has 0 saturated heterocycles. The molecule has 0 radical (unpaired) electrons. The normalized spacial score (nSPS) is 10.5. The monoisotopic (exact) mass is 260 g/mol. The van der Waals surface area contributed by atoms with Crippen molar-refractivity contribution in [1.29, 1.82) is 0 Å². The second-order valence-electron chi connectivity index (χ2n) is 4.39. The second kappa shape index (κ2) is 6.29. The molecule has 0 bridgehead atoms. The molecule has 2 rings (SSSR count). The van der Waals surface area contributed by atoms with Gasteiger partial charge >= 0.3 is 0 Å². The third kappa shape index (κ3) is 3.29. The average molecular weight is 260 g/mol. The maximum Gasteiger partial charge on any atom is 0.127 e. The minimum Gasteiger partial charge on any atom is -0.497 e. The van der Waals surface area contributed by atoms with Crippen molar-refractivity contribution < 1.29 is 9.47 Å². The van der Waals surface area contributed by atoms with Gasteiger partial charge in [-0.1, -0.05) is 6.07 Å². The van der Waals surface area contributed by atoms with Gasteiger partial charge in [0.25, 0.3) is 0 Å². The van der Waals surface area contributed by atoms with Gasteiger partial charge in [0.05, 0.1) is 14.2 Å². The minimum atomic E-state index is 0.762. The Balaban J connectivity index is 1.97. The van der Waals surface area contributed by atoms with Crippen LogP contribution in [0, 0.1) is 0 Å². The molecule has 1 aromatic carbocycles. The number of nitrogens with one attached hydrogen (secondary N) is 1. The number of methoxy groups -OCH3 is 2. The zero-order valence-electron chi connectivity index (χ0n) is 11.6. The molecule has 0 atom stereocenters. The number of benzene rings is 1. The summed E-state index contributed by atoms with van der Waals surface area (Å²) in [6.45, 7) is 1.59. The van der Waals surface area contributed by atoms with Crippen LogP contribution >= 0.6 is 0 Å². The number of nitrogens with zero attached hydrogens (tertiary/aromatic N) is 1. The predicted octanol–water partition coefficient (Wildman–Crippen LogP) is 2.33. The van der Waals surface area contributed by atoms with Gasteiger partial charge in [-0.3, -0.25) is 0 Å². The smallest absolute Gasteiger partial charge is 0.127 e. The molecule has 0 spiro atoms. The zero-order chi connectivity index (χ0) is 13.7. The van der Waals surface area contributed by atoms with E-state index in [1.54, 1.807) is 14.2 Å². The third-order valence-corrected chi connectivity index (χ3v) is 3.17. The van der Waals surface area contributed by atoms with E-state index in [-0.39, 0.29) is 0 Å². The molecular formula is C15H20N2O2. The average Bonchev–Trinajstić information content (AvgIpc) is 2.84. The Bertz CT molecular complexity index is 535. The summed E-state index contributed by atoms with van der Waals surface area (Å²) in [6.07, 6.45) is 2.05. The molecular weight excluding hydrogens is 240 g/mol. The third-order valence-electron chi connectivity index (χ3n) is 3.17. The fourth-order valence-corrected chi connectivity index (χ4v) is 2.00. The fourth-order valence-electron chi connectivity index (χ4n) is 2.00. The van der Waals surface area contributed by atoms with E-state index < -0.39 is 0 Å². The minimum absolute atomic E-state index is 0.762. The molecule has 0 aliphatic rings. The maximum atomic E-state index is 5.37. The van der Waals surface area contributed by atoms with Crippen molar-refractivity contribution in [1.82, 2.24) is 9.88 Å². The van der Waals surface area contributed by atoms with E-state index in [1.807, 2.05) is 37.5 Å². The summed E-state index contributed by atoms with van der Waals surface area (Å²) in [5.41, 5.74) is 2.38. The van der Waals surface area contributed by atoms with Crippen LogP contribution in [-0.4, -0.2) is 18.8 Å². The van der Waals surface area contributed by atoms with Crippen molar-refractivity contribution in [3.05, 3.63) is 47.8 Å². The Labute approximate surface area is 114 Å². The number of ether oxygens (including phenoxy) is 2. The molecule has 1 heterocycles. The molecule has 1 aromatic heterocycles. The summed E-state index contributed by atoms with van der Waals surface area (Å²) in [5, 5.41) is 3.42. The van der Waals surface area contributed by atoms with E-state index in [1.165, 1.54) is 5.69 Å². The van der Waals surface area contributed by atoms with Crippen LogP contribution in [0.15, 0.2) is 36.5 Å². The summed E-state index contributed by atoms with van der Waals surface area (Å²) in [7, 11) is 5.38. The van der Waals surface area contributed by atoms with E-state index >= 15 is 0 Å². The SMILES string of the molecule is COc1ccc(CNCc2cccn2C)c(OC)c1. The van der Waals surface area contributed by atoms with Gasteiger partial charge in [0, 0.05) is 43.7 Å². The van der Waals surface area contributed by atoms with Crippen molar-refractivity contribution in [3.8, 4) is 11.5 Å². The summed E-state index contributed by atoms with van der Waals surface area (Å²) in [4.78, 5) is 0. The van der Waals surface area contributed by atoms with Crippen LogP contribution in [0.3, 0.4) is 0 Å². The molecule has 1 N–H and O–H groups in total. The highest BCUT2D eigenvalue weighted by Crippen LogP contribution is 2.24. The molecule has 0 aliphatic heterocycles. The first-order valence-corrected chi connectivity index (χ1v) is 6.26. The van der Waals surface area contributed by atoms with Crippen molar-refractivity contribution >= 4 is 0 Å². The summed E-state index contributed by atoms with van der Waals surface area (Å²) < 4.78 is 12.7. The van der Waals surface area contributed by atoms with E-state index in [0.717, 1.165) is 30.2 Å². The number of hydrogen-bond donors (Lipinski definition) is 1. The lowest BCUT2D eigenvalue weighted by Gasteiger charge is -2.11. The first kappa shape index (κ1) is 13.5. The first-order valence-electron chi connectivity index (χ1n) is 6.26. The first-order chi connectivity index (χ1) is 9.24. The van der Waals surface area contributed by atoms with Crippen LogP contribution in [-0.2, 0) is 20.1 Å². The summed E-state index contributed by atoms with van der Waals surface area (Å²) in [5.74, 6) is 1.65. The van der Waals surface area contributed by atoms with Crippen LogP contribution in [0.4, 0.5) is 0 Å². The van der Waals surface area contributed by atoms with Crippen LogP contribution in [0.2, 0.25) is 0 Å². The Kier molecular flexibility index (Phi) is 4.47. The van der Waals surface area contributed by atoms with E-state index in [2.05, 4.69) is 16.0 Å². The van der Waals surface area contributed by atoms with Crippen LogP contribution in [0.1, 0.15) is 11.3 Å². The quantitative estimate of drug-likeness (QED) is 0.866. The molecule has 4 heteroatoms. The Morgan fingerprint density at radius 2 is 1.95 bits per heavy atom. The molecule has 102 valence electrons. The highest BCUT2D eigenvalue weighted by Gasteiger charge is 2.05. The number of hydrogen-bond acceptors (Lipinski definition) is 3. The van der Waals surface area contributed by atoms with Crippen LogP contribution in [0.5, 0.6) is 11.5 Å². The zero-order valence-corrected chi connectivity index (χ0v) is 11.6. The predicted molar refractivity (Wildman–Crippen MR) is 75.5 cm³/mol. The van der Waals surface area contributed by atoms with Crippen LogP contribution < -0.4 is 14.8 Å². The van der Waals surface area contributed by atoms with Crippen LogP contribution in [0.25, 0.3) is 0 Å². The van der Waals surface area contributed by atoms with Gasteiger partial charge in [-0.05, 0) is 18.2 Å². The van der Waals surface area contributed by atoms with E-state index in [0.29, 0.717) is 0 Å². The van der Waals surface area contributed by atoms with Crippen molar-refractivity contribution in [2.24, 2.45) is 7.05 Å². The topological polar surface area (TPSA) is 35.4 Å². The molecule has 19 heavy (non-hydrogen) atoms. The molecule has 0 aliphatic carbocycles. The van der Waals surface area contributed by atoms with Gasteiger partial charge < -0.3 is 19.4 Å². The van der Waals surface area contributed by atoms with E-state index in [4.69, 9.17) is 9.47 Å². The fraction of sp³-hybridized carbons (Fsp3) is 0.333. The lowest BCUT2D eigenvalue weighted by molar-refractivity contribution is 0.389. The number of aryl methyl sites for hydroxylation is 1. The summed E-state index contributed by atoms with van der Waals surface area (Å²) in [6, 6.07) is 10.0. The molecule has 0 fully saturated rings. The van der Waals surface area contributed by atoms with Crippen molar-refractivity contribution in [3.63, 3.8) is 0 Å². The number of aromatic nitrogens is 1. The lowest BCUT2D eigenvalue weighted by atomic mass is 10.2. The van der Waals surface area contributed by atoms with Gasteiger partial charge in [-0.15, -0.1) is 0 Å². The molecule has 2 aromatic rings. The largest absolute Gasteiger partial charge is 0.497 e. The Hall–Kier alpha value is -1.94. The van der Waals surface area contributed by atoms with E-state index in [9.17, 15) is 0 Å². The Morgan fingerprint density at radius 3 is 2.58 bits per heavy atom. The highest BCUT2D eigenvalue weighted by atomic mass is 16.5. The standard InChI is InChI=1S/C15H20N2O2/c1-17-8-4-5-13(17)11-16-10-12-6-7-14(18-2)9-15(12)19-3/h4-9,16H,10-11H2,1-3H3. The highest BCUT2D eigenvalue weighted by molar-refractivity contribution is 5.40. The van der Waals surface area contributed by atoms with Crippen molar-refractivity contribution in [2.75, 3.05) is 14.2 Å². The molecule has 0 unspecified atom stereocenters. The number of rotatable bonds is 6. The van der Waals surface area contributed by atoms with Gasteiger partial charge in [0.1, 0.15) is 11.5 Å². The summed E-state index contributed by atoms with van der Waals surface area (Å²) >= 11 is 0. The van der Waals surface area contributed by atoms with Gasteiger partial charge in [-0.25, -0.2) is 0 Å². The van der Waals surface area contributed by atoms with Gasteiger partial charge in [0.2, 0.25) is 0 Å². The second-order valence-corrected chi connectivity index (χ2v) is 4.39. The molecule has 4 nitrogen and oxygen atoms in total. The van der Waals surface area contributed by atoms with Gasteiger partial charge in [0.15, 0.2) is 0 Å². The van der Waals surface area contributed by atoms with Crippen molar-refractivity contribution in [2.45, 2.75) is 13.1 Å². The van der Waals surface area contributed by atoms with Gasteiger partial charge in [-0.2, -0.15) is 0 Å². The molecule has 0 amide bonds. The lowest BCUT2D eigenvalue weighted by Crippen LogP contribution is -2.15. The maximum absolute atomic E-state index is 5.37. The Morgan fingerprint density at radius 1 is 1.11 bits per heavy atom. The molecule has 0 saturated carbocycles.